The Morgan fingerprint density at radius 1 is 0.885 bits per heavy atom. The summed E-state index contributed by atoms with van der Waals surface area (Å²) in [5.74, 6) is 1.74. The Balaban J connectivity index is 1.49. The van der Waals surface area contributed by atoms with E-state index >= 15 is 0 Å². The monoisotopic (exact) mass is 346 g/mol. The molecule has 1 aliphatic rings. The summed E-state index contributed by atoms with van der Waals surface area (Å²) in [4.78, 5) is 12.8. The van der Waals surface area contributed by atoms with Crippen LogP contribution in [0.25, 0.3) is 0 Å². The van der Waals surface area contributed by atoms with Gasteiger partial charge in [0.1, 0.15) is 30.5 Å². The van der Waals surface area contributed by atoms with Crippen LogP contribution in [0.15, 0.2) is 78.9 Å². The molecule has 0 saturated carbocycles. The predicted octanol–water partition coefficient (Wildman–Crippen LogP) is 4.29. The second kappa shape index (κ2) is 7.31. The van der Waals surface area contributed by atoms with Crippen molar-refractivity contribution in [3.63, 3.8) is 0 Å². The zero-order chi connectivity index (χ0) is 17.8. The molecule has 130 valence electrons. The van der Waals surface area contributed by atoms with Crippen molar-refractivity contribution in [2.45, 2.75) is 12.7 Å². The number of ketones is 1. The van der Waals surface area contributed by atoms with E-state index in [2.05, 4.69) is 0 Å². The summed E-state index contributed by atoms with van der Waals surface area (Å²) in [6, 6.07) is 24.5. The summed E-state index contributed by atoms with van der Waals surface area (Å²) in [7, 11) is 0. The summed E-state index contributed by atoms with van der Waals surface area (Å²) in [6.07, 6.45) is -0.658. The molecule has 1 unspecified atom stereocenters. The van der Waals surface area contributed by atoms with Gasteiger partial charge < -0.3 is 14.2 Å². The molecule has 0 bridgehead atoms. The van der Waals surface area contributed by atoms with Crippen LogP contribution in [0, 0.1) is 0 Å². The van der Waals surface area contributed by atoms with Crippen LogP contribution in [0.1, 0.15) is 15.9 Å². The molecule has 3 aromatic rings. The summed E-state index contributed by atoms with van der Waals surface area (Å²) in [6.45, 7) is 0.642. The molecule has 0 spiro atoms. The van der Waals surface area contributed by atoms with Gasteiger partial charge in [0.15, 0.2) is 6.10 Å². The largest absolute Gasteiger partial charge is 0.489 e. The van der Waals surface area contributed by atoms with Gasteiger partial charge in [-0.15, -0.1) is 0 Å². The van der Waals surface area contributed by atoms with Crippen LogP contribution in [0.5, 0.6) is 17.2 Å². The predicted molar refractivity (Wildman–Crippen MR) is 97.9 cm³/mol. The van der Waals surface area contributed by atoms with E-state index in [-0.39, 0.29) is 12.4 Å². The number of carbonyl (C=O) groups excluding carboxylic acids is 1. The van der Waals surface area contributed by atoms with E-state index in [4.69, 9.17) is 14.2 Å². The molecule has 0 saturated heterocycles. The van der Waals surface area contributed by atoms with Gasteiger partial charge in [0.25, 0.3) is 0 Å². The summed E-state index contributed by atoms with van der Waals surface area (Å²) >= 11 is 0. The van der Waals surface area contributed by atoms with Gasteiger partial charge in [0, 0.05) is 0 Å². The fraction of sp³-hybridized carbons (Fsp3) is 0.136. The van der Waals surface area contributed by atoms with E-state index in [1.165, 1.54) is 0 Å². The maximum atomic E-state index is 12.8. The molecular weight excluding hydrogens is 328 g/mol. The quantitative estimate of drug-likeness (QED) is 0.691. The topological polar surface area (TPSA) is 44.8 Å². The number of fused-ring (bicyclic) bond motifs is 1. The fourth-order valence-corrected chi connectivity index (χ4v) is 2.82. The molecule has 1 atom stereocenters. The third kappa shape index (κ3) is 3.54. The van der Waals surface area contributed by atoms with Gasteiger partial charge in [-0.1, -0.05) is 48.5 Å². The molecule has 26 heavy (non-hydrogen) atoms. The standard InChI is InChI=1S/C22H18O4/c23-22-19-13-18(24-14-16-7-3-1-4-8-16)11-12-20(19)25-15-21(22)26-17-9-5-2-6-10-17/h1-13,21H,14-15H2. The van der Waals surface area contributed by atoms with Crippen LogP contribution >= 0.6 is 0 Å². The highest BCUT2D eigenvalue weighted by atomic mass is 16.5. The Kier molecular flexibility index (Phi) is 4.56. The SMILES string of the molecule is O=C1c2cc(OCc3ccccc3)ccc2OCC1Oc1ccccc1. The number of ether oxygens (including phenoxy) is 3. The summed E-state index contributed by atoms with van der Waals surface area (Å²) in [5, 5.41) is 0. The zero-order valence-electron chi connectivity index (χ0n) is 14.1. The highest BCUT2D eigenvalue weighted by molar-refractivity contribution is 6.03. The molecule has 4 nitrogen and oxygen atoms in total. The smallest absolute Gasteiger partial charge is 0.210 e. The molecule has 4 heteroatoms. The Bertz CT molecular complexity index is 891. The van der Waals surface area contributed by atoms with Crippen LogP contribution in [0.3, 0.4) is 0 Å². The lowest BCUT2D eigenvalue weighted by Gasteiger charge is -2.25. The molecule has 0 amide bonds. The van der Waals surface area contributed by atoms with Crippen molar-refractivity contribution in [1.82, 2.24) is 0 Å². The molecule has 3 aromatic carbocycles. The van der Waals surface area contributed by atoms with Crippen LogP contribution < -0.4 is 14.2 Å². The van der Waals surface area contributed by atoms with Gasteiger partial charge in [-0.2, -0.15) is 0 Å². The highest BCUT2D eigenvalue weighted by Gasteiger charge is 2.31. The van der Waals surface area contributed by atoms with E-state index in [1.54, 1.807) is 12.1 Å². The minimum Gasteiger partial charge on any atom is -0.489 e. The average Bonchev–Trinajstić information content (AvgIpc) is 2.70. The fourth-order valence-electron chi connectivity index (χ4n) is 2.82. The molecule has 0 radical (unpaired) electrons. The van der Waals surface area contributed by atoms with Crippen LogP contribution in [0.4, 0.5) is 0 Å². The second-order valence-electron chi connectivity index (χ2n) is 6.03. The first-order valence-corrected chi connectivity index (χ1v) is 8.49. The van der Waals surface area contributed by atoms with E-state index in [0.29, 0.717) is 29.4 Å². The lowest BCUT2D eigenvalue weighted by Crippen LogP contribution is -2.37. The first kappa shape index (κ1) is 16.2. The first-order chi connectivity index (χ1) is 12.8. The number of hydrogen-bond acceptors (Lipinski definition) is 4. The molecule has 0 N–H and O–H groups in total. The second-order valence-corrected chi connectivity index (χ2v) is 6.03. The zero-order valence-corrected chi connectivity index (χ0v) is 14.1. The highest BCUT2D eigenvalue weighted by Crippen LogP contribution is 2.30. The molecule has 4 rings (SSSR count). The Morgan fingerprint density at radius 2 is 1.62 bits per heavy atom. The molecule has 0 aromatic heterocycles. The maximum Gasteiger partial charge on any atom is 0.210 e. The van der Waals surface area contributed by atoms with E-state index in [1.807, 2.05) is 66.7 Å². The maximum absolute atomic E-state index is 12.8. The van der Waals surface area contributed by atoms with Crippen molar-refractivity contribution in [2.24, 2.45) is 0 Å². The number of benzene rings is 3. The van der Waals surface area contributed by atoms with Crippen molar-refractivity contribution in [1.29, 1.82) is 0 Å². The minimum absolute atomic E-state index is 0.0970. The van der Waals surface area contributed by atoms with Gasteiger partial charge in [0.2, 0.25) is 5.78 Å². The summed E-state index contributed by atoms with van der Waals surface area (Å²) < 4.78 is 17.3. The van der Waals surface area contributed by atoms with Gasteiger partial charge in [-0.3, -0.25) is 4.79 Å². The molecule has 1 aliphatic heterocycles. The number of rotatable bonds is 5. The first-order valence-electron chi connectivity index (χ1n) is 8.49. The van der Waals surface area contributed by atoms with Crippen molar-refractivity contribution in [2.75, 3.05) is 6.61 Å². The Labute approximate surface area is 152 Å². The molecular formula is C22H18O4. The number of carbonyl (C=O) groups is 1. The van der Waals surface area contributed by atoms with Crippen LogP contribution in [-0.2, 0) is 6.61 Å². The molecule has 0 aliphatic carbocycles. The third-order valence-electron chi connectivity index (χ3n) is 4.17. The molecule has 1 heterocycles. The van der Waals surface area contributed by atoms with Crippen molar-refractivity contribution >= 4 is 5.78 Å². The van der Waals surface area contributed by atoms with Crippen LogP contribution in [-0.4, -0.2) is 18.5 Å². The van der Waals surface area contributed by atoms with E-state index in [9.17, 15) is 4.79 Å². The van der Waals surface area contributed by atoms with Gasteiger partial charge in [-0.25, -0.2) is 0 Å². The average molecular weight is 346 g/mol. The Morgan fingerprint density at radius 3 is 2.38 bits per heavy atom. The Hall–Kier alpha value is -3.27. The van der Waals surface area contributed by atoms with Crippen molar-refractivity contribution < 1.29 is 19.0 Å². The minimum atomic E-state index is -0.658. The molecule has 0 fully saturated rings. The third-order valence-corrected chi connectivity index (χ3v) is 4.17. The van der Waals surface area contributed by atoms with Crippen molar-refractivity contribution in [3.05, 3.63) is 90.0 Å². The number of hydrogen-bond donors (Lipinski definition) is 0. The van der Waals surface area contributed by atoms with Gasteiger partial charge in [0.05, 0.1) is 5.56 Å². The van der Waals surface area contributed by atoms with E-state index in [0.717, 1.165) is 5.56 Å². The normalized spacial score (nSPS) is 15.7. The number of Topliss-reactive ketones (excluding diaryl/α,β-unsaturated/α-hetero) is 1. The van der Waals surface area contributed by atoms with Crippen molar-refractivity contribution in [3.8, 4) is 17.2 Å². The van der Waals surface area contributed by atoms with Gasteiger partial charge in [-0.05, 0) is 35.9 Å². The van der Waals surface area contributed by atoms with Crippen LogP contribution in [0.2, 0.25) is 0 Å². The lowest BCUT2D eigenvalue weighted by molar-refractivity contribution is 0.0627. The lowest BCUT2D eigenvalue weighted by atomic mass is 10.0. The summed E-state index contributed by atoms with van der Waals surface area (Å²) in [5.41, 5.74) is 1.56. The number of para-hydroxylation sites is 1. The van der Waals surface area contributed by atoms with Gasteiger partial charge >= 0.3 is 0 Å². The van der Waals surface area contributed by atoms with E-state index < -0.39 is 6.10 Å².